The molecular weight excluding hydrogens is 481 g/mol. The van der Waals surface area contributed by atoms with E-state index in [2.05, 4.69) is 5.32 Å². The maximum atomic E-state index is 13.4. The average Bonchev–Trinajstić information content (AvgIpc) is 2.84. The molecule has 2 aromatic rings. The van der Waals surface area contributed by atoms with Crippen LogP contribution in [0.15, 0.2) is 54.6 Å². The van der Waals surface area contributed by atoms with Crippen LogP contribution in [0.5, 0.6) is 0 Å². The molecule has 2 amide bonds. The van der Waals surface area contributed by atoms with Crippen LogP contribution in [-0.4, -0.2) is 56.6 Å². The van der Waals surface area contributed by atoms with Crippen LogP contribution in [0.1, 0.15) is 52.0 Å². The van der Waals surface area contributed by atoms with Gasteiger partial charge in [-0.15, -0.1) is 0 Å². The fourth-order valence-electron chi connectivity index (χ4n) is 3.95. The van der Waals surface area contributed by atoms with E-state index in [0.29, 0.717) is 25.1 Å². The van der Waals surface area contributed by atoms with Gasteiger partial charge in [0.1, 0.15) is 11.9 Å². The number of amides is 2. The molecule has 0 aromatic heterocycles. The molecule has 2 rings (SSSR count). The van der Waals surface area contributed by atoms with Crippen molar-refractivity contribution in [2.24, 2.45) is 0 Å². The van der Waals surface area contributed by atoms with E-state index in [0.717, 1.165) is 18.2 Å². The van der Waals surface area contributed by atoms with Crippen LogP contribution >= 0.6 is 0 Å². The highest BCUT2D eigenvalue weighted by molar-refractivity contribution is 7.92. The van der Waals surface area contributed by atoms with E-state index in [1.807, 2.05) is 51.1 Å². The minimum atomic E-state index is -3.62. The second-order valence-corrected chi connectivity index (χ2v) is 10.9. The Kier molecular flexibility index (Phi) is 11.4. The Balaban J connectivity index is 2.15. The summed E-state index contributed by atoms with van der Waals surface area (Å²) in [6, 6.07) is 14.3. The summed E-state index contributed by atoms with van der Waals surface area (Å²) in [5.41, 5.74) is 1.40. The van der Waals surface area contributed by atoms with Crippen LogP contribution in [0.4, 0.5) is 10.1 Å². The van der Waals surface area contributed by atoms with Crippen molar-refractivity contribution in [3.05, 3.63) is 66.0 Å². The first-order valence-electron chi connectivity index (χ1n) is 12.4. The zero-order chi connectivity index (χ0) is 26.7. The van der Waals surface area contributed by atoms with Gasteiger partial charge in [0.25, 0.3) is 0 Å². The summed E-state index contributed by atoms with van der Waals surface area (Å²) in [6.07, 6.45) is 3.27. The predicted octanol–water partition coefficient (Wildman–Crippen LogP) is 4.14. The van der Waals surface area contributed by atoms with Gasteiger partial charge in [-0.25, -0.2) is 12.8 Å². The Morgan fingerprint density at radius 3 is 2.17 bits per heavy atom. The number of carbonyl (C=O) groups excluding carboxylic acids is 2. The molecule has 0 aliphatic rings. The van der Waals surface area contributed by atoms with Crippen LogP contribution in [-0.2, 0) is 26.0 Å². The molecule has 0 saturated carbocycles. The highest BCUT2D eigenvalue weighted by Gasteiger charge is 2.29. The monoisotopic (exact) mass is 519 g/mol. The van der Waals surface area contributed by atoms with E-state index in [-0.39, 0.29) is 37.2 Å². The summed E-state index contributed by atoms with van der Waals surface area (Å²) >= 11 is 0. The first kappa shape index (κ1) is 29.3. The lowest BCUT2D eigenvalue weighted by molar-refractivity contribution is -0.141. The summed E-state index contributed by atoms with van der Waals surface area (Å²) in [5.74, 6) is -0.848. The average molecular weight is 520 g/mol. The molecule has 0 aliphatic carbocycles. The van der Waals surface area contributed by atoms with E-state index in [1.54, 1.807) is 4.90 Å². The zero-order valence-electron chi connectivity index (χ0n) is 21.6. The largest absolute Gasteiger partial charge is 0.352 e. The van der Waals surface area contributed by atoms with Crippen LogP contribution in [0.2, 0.25) is 0 Å². The SMILES string of the molecule is CC[C@H](C)NC(=O)[C@H](CC)N(CCc1ccccc1)C(=O)CCCN(c1ccc(F)cc1)S(C)(=O)=O. The summed E-state index contributed by atoms with van der Waals surface area (Å²) < 4.78 is 39.2. The fourth-order valence-corrected chi connectivity index (χ4v) is 4.91. The standard InChI is InChI=1S/C27H38FN3O4S/c1-5-21(3)29-27(33)25(6-2)30(20-18-22-11-8-7-9-12-22)26(32)13-10-19-31(36(4,34)35)24-16-14-23(28)15-17-24/h7-9,11-12,14-17,21,25H,5-6,10,13,18-20H2,1-4H3,(H,29,33)/t21-,25-/m0/s1. The fraction of sp³-hybridized carbons (Fsp3) is 0.481. The molecule has 36 heavy (non-hydrogen) atoms. The van der Waals surface area contributed by atoms with Crippen molar-refractivity contribution in [1.29, 1.82) is 0 Å². The lowest BCUT2D eigenvalue weighted by Crippen LogP contribution is -2.51. The van der Waals surface area contributed by atoms with Crippen molar-refractivity contribution in [2.45, 2.75) is 65.0 Å². The molecule has 0 spiro atoms. The van der Waals surface area contributed by atoms with E-state index < -0.39 is 21.9 Å². The third kappa shape index (κ3) is 8.93. The number of halogens is 1. The number of hydrogen-bond acceptors (Lipinski definition) is 4. The number of anilines is 1. The molecule has 0 fully saturated rings. The molecule has 0 radical (unpaired) electrons. The molecular formula is C27H38FN3O4S. The summed E-state index contributed by atoms with van der Waals surface area (Å²) in [7, 11) is -3.62. The predicted molar refractivity (Wildman–Crippen MR) is 142 cm³/mol. The van der Waals surface area contributed by atoms with E-state index in [9.17, 15) is 22.4 Å². The molecule has 0 aliphatic heterocycles. The van der Waals surface area contributed by atoms with Crippen molar-refractivity contribution in [2.75, 3.05) is 23.7 Å². The number of rotatable bonds is 14. The third-order valence-electron chi connectivity index (χ3n) is 6.14. The van der Waals surface area contributed by atoms with Gasteiger partial charge in [-0.3, -0.25) is 13.9 Å². The van der Waals surface area contributed by atoms with E-state index >= 15 is 0 Å². The lowest BCUT2D eigenvalue weighted by Gasteiger charge is -2.32. The molecule has 9 heteroatoms. The smallest absolute Gasteiger partial charge is 0.243 e. The van der Waals surface area contributed by atoms with Crippen molar-refractivity contribution in [1.82, 2.24) is 10.2 Å². The maximum Gasteiger partial charge on any atom is 0.243 e. The van der Waals surface area contributed by atoms with Gasteiger partial charge in [-0.05, 0) is 62.4 Å². The van der Waals surface area contributed by atoms with Gasteiger partial charge in [0, 0.05) is 25.6 Å². The number of benzene rings is 2. The van der Waals surface area contributed by atoms with Crippen molar-refractivity contribution < 1.29 is 22.4 Å². The van der Waals surface area contributed by atoms with Gasteiger partial charge >= 0.3 is 0 Å². The van der Waals surface area contributed by atoms with Crippen molar-refractivity contribution >= 4 is 27.5 Å². The molecule has 2 aromatic carbocycles. The van der Waals surface area contributed by atoms with Crippen molar-refractivity contribution in [3.63, 3.8) is 0 Å². The van der Waals surface area contributed by atoms with Gasteiger partial charge < -0.3 is 10.2 Å². The van der Waals surface area contributed by atoms with Gasteiger partial charge in [-0.1, -0.05) is 44.2 Å². The molecule has 198 valence electrons. The molecule has 7 nitrogen and oxygen atoms in total. The molecule has 0 heterocycles. The van der Waals surface area contributed by atoms with Crippen LogP contribution in [0.3, 0.4) is 0 Å². The summed E-state index contributed by atoms with van der Waals surface area (Å²) in [6.45, 7) is 6.24. The lowest BCUT2D eigenvalue weighted by atomic mass is 10.1. The minimum Gasteiger partial charge on any atom is -0.352 e. The Morgan fingerprint density at radius 2 is 1.61 bits per heavy atom. The normalized spacial score (nSPS) is 13.0. The zero-order valence-corrected chi connectivity index (χ0v) is 22.4. The highest BCUT2D eigenvalue weighted by atomic mass is 32.2. The van der Waals surface area contributed by atoms with Crippen molar-refractivity contribution in [3.8, 4) is 0 Å². The number of nitrogens with one attached hydrogen (secondary N) is 1. The topological polar surface area (TPSA) is 86.8 Å². The van der Waals surface area contributed by atoms with Gasteiger partial charge in [0.05, 0.1) is 11.9 Å². The van der Waals surface area contributed by atoms with Crippen LogP contribution in [0.25, 0.3) is 0 Å². The number of sulfonamides is 1. The van der Waals surface area contributed by atoms with E-state index in [4.69, 9.17) is 0 Å². The van der Waals surface area contributed by atoms with Gasteiger partial charge in [0.15, 0.2) is 0 Å². The molecule has 0 bridgehead atoms. The maximum absolute atomic E-state index is 13.4. The Hall–Kier alpha value is -2.94. The second kappa shape index (κ2) is 14.0. The minimum absolute atomic E-state index is 0.00310. The quantitative estimate of drug-likeness (QED) is 0.407. The molecule has 0 saturated heterocycles. The number of hydrogen-bond donors (Lipinski definition) is 1. The third-order valence-corrected chi connectivity index (χ3v) is 7.33. The number of nitrogens with zero attached hydrogens (tertiary/aromatic N) is 2. The number of carbonyl (C=O) groups is 2. The summed E-state index contributed by atoms with van der Waals surface area (Å²) in [4.78, 5) is 28.0. The molecule has 0 unspecified atom stereocenters. The highest BCUT2D eigenvalue weighted by Crippen LogP contribution is 2.19. The second-order valence-electron chi connectivity index (χ2n) is 8.98. The Labute approximate surface area is 214 Å². The van der Waals surface area contributed by atoms with Gasteiger partial charge in [0.2, 0.25) is 21.8 Å². The Morgan fingerprint density at radius 1 is 0.972 bits per heavy atom. The molecule has 1 N–H and O–H groups in total. The first-order chi connectivity index (χ1) is 17.1. The van der Waals surface area contributed by atoms with E-state index in [1.165, 1.54) is 28.6 Å². The molecule has 2 atom stereocenters. The van der Waals surface area contributed by atoms with Gasteiger partial charge in [-0.2, -0.15) is 0 Å². The van der Waals surface area contributed by atoms with Crippen LogP contribution in [0, 0.1) is 5.82 Å². The van der Waals surface area contributed by atoms with Crippen LogP contribution < -0.4 is 9.62 Å². The Bertz CT molecular complexity index is 1080. The summed E-state index contributed by atoms with van der Waals surface area (Å²) in [5, 5.41) is 2.98. The first-order valence-corrected chi connectivity index (χ1v) is 14.3.